The van der Waals surface area contributed by atoms with Gasteiger partial charge in [-0.15, -0.1) is 0 Å². The average molecular weight is 463 g/mol. The number of aromatic nitrogens is 1. The third kappa shape index (κ3) is 4.73. The second-order valence-electron chi connectivity index (χ2n) is 8.30. The smallest absolute Gasteiger partial charge is 0.220 e. The molecule has 0 saturated heterocycles. The zero-order valence-electron chi connectivity index (χ0n) is 19.3. The molecule has 7 heteroatoms. The van der Waals surface area contributed by atoms with Crippen LogP contribution in [0.25, 0.3) is 11.6 Å². The molecule has 0 saturated carbocycles. The fourth-order valence-electron chi connectivity index (χ4n) is 4.47. The van der Waals surface area contributed by atoms with Gasteiger partial charge in [-0.1, -0.05) is 25.1 Å². The molecule has 0 radical (unpaired) electrons. The van der Waals surface area contributed by atoms with Crippen LogP contribution in [-0.2, 0) is 11.3 Å². The zero-order chi connectivity index (χ0) is 24.2. The van der Waals surface area contributed by atoms with Gasteiger partial charge < -0.3 is 19.9 Å². The first-order chi connectivity index (χ1) is 16.4. The number of hydrogen-bond donors (Lipinski definition) is 2. The van der Waals surface area contributed by atoms with Crippen molar-refractivity contribution < 1.29 is 23.8 Å². The van der Waals surface area contributed by atoms with Gasteiger partial charge in [0, 0.05) is 12.6 Å². The number of allylic oxidation sites excluding steroid dienone is 1. The highest BCUT2D eigenvalue weighted by Gasteiger charge is 2.35. The lowest BCUT2D eigenvalue weighted by molar-refractivity contribution is -0.121. The Morgan fingerprint density at radius 2 is 1.88 bits per heavy atom. The number of phenols is 1. The molecule has 0 aliphatic heterocycles. The van der Waals surface area contributed by atoms with Gasteiger partial charge in [-0.2, -0.15) is 0 Å². The first-order valence-corrected chi connectivity index (χ1v) is 11.0. The minimum absolute atomic E-state index is 0.0387. The number of aromatic hydroxyl groups is 1. The van der Waals surface area contributed by atoms with Crippen LogP contribution in [0.15, 0.2) is 54.7 Å². The molecule has 176 valence electrons. The number of nitrogens with zero attached hydrogens (tertiary/aromatic N) is 1. The standard InChI is InChI=1S/C27H27FN2O4/c1-16-21(10-17-11-24(33-2)27(32)25(12-17)34-3)20-8-7-18(28)13-23(20)22(16)14-26(31)30-15-19-6-4-5-9-29-19/h4-13,16,22,32H,14-15H2,1-3H3,(H,30,31). The van der Waals surface area contributed by atoms with Crippen molar-refractivity contribution in [2.45, 2.75) is 25.8 Å². The molecule has 1 aliphatic rings. The maximum absolute atomic E-state index is 14.2. The highest BCUT2D eigenvalue weighted by molar-refractivity contribution is 5.89. The predicted octanol–water partition coefficient (Wildman–Crippen LogP) is 4.92. The Morgan fingerprint density at radius 3 is 2.53 bits per heavy atom. The molecule has 3 aromatic rings. The molecule has 0 bridgehead atoms. The van der Waals surface area contributed by atoms with E-state index in [1.807, 2.05) is 31.2 Å². The van der Waals surface area contributed by atoms with Crippen molar-refractivity contribution in [3.05, 3.63) is 82.9 Å². The molecule has 2 unspecified atom stereocenters. The summed E-state index contributed by atoms with van der Waals surface area (Å²) < 4.78 is 24.7. The number of ether oxygens (including phenoxy) is 2. The lowest BCUT2D eigenvalue weighted by Crippen LogP contribution is -2.25. The number of carbonyl (C=O) groups excluding carboxylic acids is 1. The molecule has 0 spiro atoms. The molecule has 4 rings (SSSR count). The van der Waals surface area contributed by atoms with E-state index >= 15 is 0 Å². The van der Waals surface area contributed by atoms with E-state index in [-0.39, 0.29) is 35.7 Å². The Bertz CT molecular complexity index is 1200. The Kier molecular flexibility index (Phi) is 6.82. The molecule has 6 nitrogen and oxygen atoms in total. The minimum atomic E-state index is -0.334. The summed E-state index contributed by atoms with van der Waals surface area (Å²) in [5.41, 5.74) is 4.24. The van der Waals surface area contributed by atoms with E-state index in [0.29, 0.717) is 18.0 Å². The maximum Gasteiger partial charge on any atom is 0.220 e. The first-order valence-electron chi connectivity index (χ1n) is 11.0. The van der Waals surface area contributed by atoms with Gasteiger partial charge in [0.2, 0.25) is 11.7 Å². The van der Waals surface area contributed by atoms with Crippen LogP contribution >= 0.6 is 0 Å². The van der Waals surface area contributed by atoms with Crippen LogP contribution in [0.1, 0.15) is 41.6 Å². The Hall–Kier alpha value is -3.87. The highest BCUT2D eigenvalue weighted by Crippen LogP contribution is 2.49. The number of carbonyl (C=O) groups is 1. The van der Waals surface area contributed by atoms with E-state index in [4.69, 9.17) is 9.47 Å². The molecule has 1 heterocycles. The van der Waals surface area contributed by atoms with Crippen LogP contribution < -0.4 is 14.8 Å². The number of halogens is 1. The third-order valence-corrected chi connectivity index (χ3v) is 6.24. The van der Waals surface area contributed by atoms with Crippen molar-refractivity contribution >= 4 is 17.6 Å². The van der Waals surface area contributed by atoms with Gasteiger partial charge >= 0.3 is 0 Å². The zero-order valence-corrected chi connectivity index (χ0v) is 19.3. The molecule has 2 N–H and O–H groups in total. The molecular formula is C27H27FN2O4. The van der Waals surface area contributed by atoms with E-state index in [2.05, 4.69) is 10.3 Å². The predicted molar refractivity (Wildman–Crippen MR) is 128 cm³/mol. The van der Waals surface area contributed by atoms with Gasteiger partial charge in [0.1, 0.15) is 5.82 Å². The second-order valence-corrected chi connectivity index (χ2v) is 8.30. The molecule has 1 amide bonds. The number of amides is 1. The van der Waals surface area contributed by atoms with Crippen LogP contribution in [0.5, 0.6) is 17.2 Å². The summed E-state index contributed by atoms with van der Waals surface area (Å²) in [6.45, 7) is 2.38. The summed E-state index contributed by atoms with van der Waals surface area (Å²) in [5, 5.41) is 13.1. The van der Waals surface area contributed by atoms with E-state index in [9.17, 15) is 14.3 Å². The molecule has 0 fully saturated rings. The lowest BCUT2D eigenvalue weighted by Gasteiger charge is -2.17. The molecule has 1 aromatic heterocycles. The second kappa shape index (κ2) is 9.95. The molecular weight excluding hydrogens is 435 g/mol. The molecule has 2 atom stereocenters. The number of rotatable bonds is 7. The van der Waals surface area contributed by atoms with Gasteiger partial charge in [0.05, 0.1) is 26.5 Å². The van der Waals surface area contributed by atoms with Gasteiger partial charge in [0.15, 0.2) is 11.5 Å². The summed E-state index contributed by atoms with van der Waals surface area (Å²) in [6.07, 6.45) is 3.88. The van der Waals surface area contributed by atoms with Crippen molar-refractivity contribution in [1.29, 1.82) is 0 Å². The number of fused-ring (bicyclic) bond motifs is 1. The van der Waals surface area contributed by atoms with Gasteiger partial charge in [-0.3, -0.25) is 9.78 Å². The quantitative estimate of drug-likeness (QED) is 0.521. The van der Waals surface area contributed by atoms with Crippen LogP contribution in [0.3, 0.4) is 0 Å². The van der Waals surface area contributed by atoms with Crippen LogP contribution in [0.2, 0.25) is 0 Å². The highest BCUT2D eigenvalue weighted by atomic mass is 19.1. The summed E-state index contributed by atoms with van der Waals surface area (Å²) in [7, 11) is 2.95. The maximum atomic E-state index is 14.2. The van der Waals surface area contributed by atoms with Crippen molar-refractivity contribution in [2.75, 3.05) is 14.2 Å². The van der Waals surface area contributed by atoms with Gasteiger partial charge in [-0.25, -0.2) is 4.39 Å². The van der Waals surface area contributed by atoms with E-state index in [1.54, 1.807) is 24.4 Å². The third-order valence-electron chi connectivity index (χ3n) is 6.24. The minimum Gasteiger partial charge on any atom is -0.502 e. The summed E-state index contributed by atoms with van der Waals surface area (Å²) in [6, 6.07) is 13.7. The summed E-state index contributed by atoms with van der Waals surface area (Å²) >= 11 is 0. The van der Waals surface area contributed by atoms with Gasteiger partial charge in [0.25, 0.3) is 0 Å². The molecule has 34 heavy (non-hydrogen) atoms. The van der Waals surface area contributed by atoms with E-state index < -0.39 is 0 Å². The lowest BCUT2D eigenvalue weighted by atomic mass is 9.88. The number of methoxy groups -OCH3 is 2. The summed E-state index contributed by atoms with van der Waals surface area (Å²) in [4.78, 5) is 17.0. The topological polar surface area (TPSA) is 80.7 Å². The average Bonchev–Trinajstić information content (AvgIpc) is 3.09. The van der Waals surface area contributed by atoms with Crippen LogP contribution in [0, 0.1) is 11.7 Å². The van der Waals surface area contributed by atoms with E-state index in [1.165, 1.54) is 26.4 Å². The number of phenolic OH excluding ortho intramolecular Hbond substituents is 1. The Morgan fingerprint density at radius 1 is 1.15 bits per heavy atom. The van der Waals surface area contributed by atoms with Crippen LogP contribution in [-0.4, -0.2) is 30.2 Å². The fraction of sp³-hybridized carbons (Fsp3) is 0.259. The van der Waals surface area contributed by atoms with Crippen molar-refractivity contribution in [3.8, 4) is 17.2 Å². The monoisotopic (exact) mass is 462 g/mol. The first kappa shape index (κ1) is 23.3. The van der Waals surface area contributed by atoms with Crippen LogP contribution in [0.4, 0.5) is 4.39 Å². The molecule has 1 aliphatic carbocycles. The summed E-state index contributed by atoms with van der Waals surface area (Å²) in [5.74, 6) is -0.157. The number of hydrogen-bond acceptors (Lipinski definition) is 5. The fourth-order valence-corrected chi connectivity index (χ4v) is 4.47. The van der Waals surface area contributed by atoms with Crippen molar-refractivity contribution in [3.63, 3.8) is 0 Å². The number of benzene rings is 2. The number of pyridine rings is 1. The van der Waals surface area contributed by atoms with Crippen molar-refractivity contribution in [1.82, 2.24) is 10.3 Å². The Balaban J connectivity index is 1.63. The normalized spacial score (nSPS) is 17.9. The number of nitrogens with one attached hydrogen (secondary N) is 1. The van der Waals surface area contributed by atoms with Crippen molar-refractivity contribution in [2.24, 2.45) is 5.92 Å². The largest absolute Gasteiger partial charge is 0.502 e. The Labute approximate surface area is 198 Å². The molecule has 2 aromatic carbocycles. The van der Waals surface area contributed by atoms with E-state index in [0.717, 1.165) is 28.0 Å². The van der Waals surface area contributed by atoms with Gasteiger partial charge in [-0.05, 0) is 70.5 Å². The SMILES string of the molecule is COc1cc(C=C2c3ccc(F)cc3C(CC(=O)NCc3ccccn3)C2C)cc(OC)c1O.